The molecule has 3 aromatic rings. The third-order valence-electron chi connectivity index (χ3n) is 3.21. The van der Waals surface area contributed by atoms with Gasteiger partial charge in [-0.05, 0) is 18.2 Å². The Morgan fingerprint density at radius 2 is 1.81 bits per heavy atom. The summed E-state index contributed by atoms with van der Waals surface area (Å²) in [6.45, 7) is 0. The van der Waals surface area contributed by atoms with Crippen LogP contribution in [0.3, 0.4) is 0 Å². The minimum atomic E-state index is -0.172. The Kier molecular flexibility index (Phi) is 3.54. The average Bonchev–Trinajstić information content (AvgIpc) is 2.89. The molecule has 0 spiro atoms. The largest absolute Gasteiger partial charge is 0.494 e. The van der Waals surface area contributed by atoms with Gasteiger partial charge in [0.15, 0.2) is 0 Å². The fourth-order valence-corrected chi connectivity index (χ4v) is 2.44. The second-order valence-electron chi connectivity index (χ2n) is 4.50. The van der Waals surface area contributed by atoms with Crippen LogP contribution in [-0.4, -0.2) is 16.9 Å². The summed E-state index contributed by atoms with van der Waals surface area (Å²) in [6.07, 6.45) is 0. The van der Waals surface area contributed by atoms with Crippen LogP contribution in [0.2, 0.25) is 5.02 Å². The van der Waals surface area contributed by atoms with E-state index in [1.54, 1.807) is 19.2 Å². The SMILES string of the molecule is COc1ccccc1-n1[nH]c(-c2ccccc2Cl)cc1=O. The van der Waals surface area contributed by atoms with E-state index in [0.29, 0.717) is 22.2 Å². The first kappa shape index (κ1) is 13.5. The third kappa shape index (κ3) is 2.45. The number of aromatic nitrogens is 2. The molecule has 4 nitrogen and oxygen atoms in total. The topological polar surface area (TPSA) is 47.0 Å². The maximum atomic E-state index is 12.2. The number of methoxy groups -OCH3 is 1. The van der Waals surface area contributed by atoms with Gasteiger partial charge in [-0.15, -0.1) is 0 Å². The van der Waals surface area contributed by atoms with Gasteiger partial charge in [0.05, 0.1) is 12.8 Å². The van der Waals surface area contributed by atoms with Gasteiger partial charge in [-0.1, -0.05) is 41.9 Å². The summed E-state index contributed by atoms with van der Waals surface area (Å²) in [6, 6.07) is 16.2. The van der Waals surface area contributed by atoms with E-state index in [4.69, 9.17) is 16.3 Å². The first-order valence-electron chi connectivity index (χ1n) is 6.41. The van der Waals surface area contributed by atoms with Gasteiger partial charge in [-0.2, -0.15) is 0 Å². The smallest absolute Gasteiger partial charge is 0.271 e. The van der Waals surface area contributed by atoms with Gasteiger partial charge in [0.2, 0.25) is 0 Å². The van der Waals surface area contributed by atoms with Crippen LogP contribution in [0.25, 0.3) is 16.9 Å². The molecule has 0 saturated heterocycles. The van der Waals surface area contributed by atoms with Crippen LogP contribution in [0, 0.1) is 0 Å². The molecule has 3 rings (SSSR count). The predicted octanol–water partition coefficient (Wildman–Crippen LogP) is 3.49. The lowest BCUT2D eigenvalue weighted by Gasteiger charge is -2.08. The molecule has 0 radical (unpaired) electrons. The van der Waals surface area contributed by atoms with E-state index in [1.165, 1.54) is 10.7 Å². The van der Waals surface area contributed by atoms with Gasteiger partial charge in [0.25, 0.3) is 5.56 Å². The zero-order valence-corrected chi connectivity index (χ0v) is 12.1. The zero-order valence-electron chi connectivity index (χ0n) is 11.3. The van der Waals surface area contributed by atoms with E-state index >= 15 is 0 Å². The number of halogens is 1. The molecule has 0 amide bonds. The Hall–Kier alpha value is -2.46. The standard InChI is InChI=1S/C16H13ClN2O2/c1-21-15-9-5-4-8-14(15)19-16(20)10-13(18-19)11-6-2-3-7-12(11)17/h2-10,18H,1H3. The van der Waals surface area contributed by atoms with Crippen LogP contribution in [0.1, 0.15) is 0 Å². The van der Waals surface area contributed by atoms with E-state index in [-0.39, 0.29) is 5.56 Å². The molecule has 0 unspecified atom stereocenters. The second kappa shape index (κ2) is 5.50. The highest BCUT2D eigenvalue weighted by Gasteiger charge is 2.12. The van der Waals surface area contributed by atoms with Crippen molar-refractivity contribution in [2.75, 3.05) is 7.11 Å². The number of aromatic amines is 1. The van der Waals surface area contributed by atoms with Crippen LogP contribution < -0.4 is 10.3 Å². The highest BCUT2D eigenvalue weighted by Crippen LogP contribution is 2.26. The summed E-state index contributed by atoms with van der Waals surface area (Å²) in [5, 5.41) is 3.66. The highest BCUT2D eigenvalue weighted by molar-refractivity contribution is 6.33. The van der Waals surface area contributed by atoms with Gasteiger partial charge in [-0.3, -0.25) is 9.89 Å². The third-order valence-corrected chi connectivity index (χ3v) is 3.54. The van der Waals surface area contributed by atoms with Crippen molar-refractivity contribution in [2.24, 2.45) is 0 Å². The lowest BCUT2D eigenvalue weighted by molar-refractivity contribution is 0.411. The van der Waals surface area contributed by atoms with Crippen molar-refractivity contribution < 1.29 is 4.74 Å². The summed E-state index contributed by atoms with van der Waals surface area (Å²) < 4.78 is 6.73. The van der Waals surface area contributed by atoms with Crippen molar-refractivity contribution in [3.63, 3.8) is 0 Å². The number of ether oxygens (including phenoxy) is 1. The fraction of sp³-hybridized carbons (Fsp3) is 0.0625. The lowest BCUT2D eigenvalue weighted by atomic mass is 10.1. The second-order valence-corrected chi connectivity index (χ2v) is 4.90. The number of hydrogen-bond acceptors (Lipinski definition) is 2. The van der Waals surface area contributed by atoms with Gasteiger partial charge < -0.3 is 4.74 Å². The number of benzene rings is 2. The van der Waals surface area contributed by atoms with Gasteiger partial charge >= 0.3 is 0 Å². The molecule has 21 heavy (non-hydrogen) atoms. The van der Waals surface area contributed by atoms with Crippen LogP contribution in [0.15, 0.2) is 59.4 Å². The van der Waals surface area contributed by atoms with E-state index in [0.717, 1.165) is 5.56 Å². The molecule has 2 aromatic carbocycles. The van der Waals surface area contributed by atoms with Crippen molar-refractivity contribution in [3.8, 4) is 22.7 Å². The molecule has 106 valence electrons. The summed E-state index contributed by atoms with van der Waals surface area (Å²) >= 11 is 6.17. The van der Waals surface area contributed by atoms with Crippen LogP contribution in [0.4, 0.5) is 0 Å². The first-order chi connectivity index (χ1) is 10.2. The van der Waals surface area contributed by atoms with Crippen molar-refractivity contribution in [1.29, 1.82) is 0 Å². The molecular weight excluding hydrogens is 288 g/mol. The van der Waals surface area contributed by atoms with E-state index in [9.17, 15) is 4.79 Å². The van der Waals surface area contributed by atoms with E-state index in [2.05, 4.69) is 5.10 Å². The zero-order chi connectivity index (χ0) is 14.8. The number of H-pyrrole nitrogens is 1. The van der Waals surface area contributed by atoms with Gasteiger partial charge in [0.1, 0.15) is 11.4 Å². The number of hydrogen-bond donors (Lipinski definition) is 1. The Morgan fingerprint density at radius 1 is 1.10 bits per heavy atom. The van der Waals surface area contributed by atoms with Crippen LogP contribution in [0.5, 0.6) is 5.75 Å². The maximum Gasteiger partial charge on any atom is 0.271 e. The summed E-state index contributed by atoms with van der Waals surface area (Å²) in [5.41, 5.74) is 1.93. The van der Waals surface area contributed by atoms with Crippen LogP contribution >= 0.6 is 11.6 Å². The minimum absolute atomic E-state index is 0.172. The first-order valence-corrected chi connectivity index (χ1v) is 6.79. The van der Waals surface area contributed by atoms with Crippen molar-refractivity contribution in [2.45, 2.75) is 0 Å². The molecule has 1 N–H and O–H groups in total. The molecule has 0 aliphatic heterocycles. The summed E-state index contributed by atoms with van der Waals surface area (Å²) in [7, 11) is 1.57. The monoisotopic (exact) mass is 300 g/mol. The number of para-hydroxylation sites is 2. The molecule has 0 atom stereocenters. The quantitative estimate of drug-likeness (QED) is 0.805. The molecular formula is C16H13ClN2O2. The Morgan fingerprint density at radius 3 is 2.57 bits per heavy atom. The molecule has 1 heterocycles. The molecule has 5 heteroatoms. The van der Waals surface area contributed by atoms with Crippen molar-refractivity contribution in [1.82, 2.24) is 9.78 Å². The Balaban J connectivity index is 2.15. The fourth-order valence-electron chi connectivity index (χ4n) is 2.21. The molecule has 0 aliphatic carbocycles. The molecule has 0 fully saturated rings. The van der Waals surface area contributed by atoms with Crippen molar-refractivity contribution in [3.05, 3.63) is 70.0 Å². The Bertz CT molecular complexity index is 836. The normalized spacial score (nSPS) is 10.6. The summed E-state index contributed by atoms with van der Waals surface area (Å²) in [5.74, 6) is 0.618. The van der Waals surface area contributed by atoms with E-state index in [1.807, 2.05) is 36.4 Å². The molecule has 0 aliphatic rings. The average molecular weight is 301 g/mol. The summed E-state index contributed by atoms with van der Waals surface area (Å²) in [4.78, 5) is 12.2. The highest BCUT2D eigenvalue weighted by atomic mass is 35.5. The Labute approximate surface area is 126 Å². The van der Waals surface area contributed by atoms with Gasteiger partial charge in [0, 0.05) is 16.7 Å². The number of nitrogens with one attached hydrogen (secondary N) is 1. The van der Waals surface area contributed by atoms with Crippen LogP contribution in [-0.2, 0) is 0 Å². The molecule has 0 bridgehead atoms. The molecule has 1 aromatic heterocycles. The van der Waals surface area contributed by atoms with E-state index < -0.39 is 0 Å². The van der Waals surface area contributed by atoms with Gasteiger partial charge in [-0.25, -0.2) is 4.68 Å². The predicted molar refractivity (Wildman–Crippen MR) is 83.4 cm³/mol. The van der Waals surface area contributed by atoms with Crippen molar-refractivity contribution >= 4 is 11.6 Å². The lowest BCUT2D eigenvalue weighted by Crippen LogP contribution is -2.14. The number of rotatable bonds is 3. The maximum absolute atomic E-state index is 12.2. The minimum Gasteiger partial charge on any atom is -0.494 e. The molecule has 0 saturated carbocycles. The number of nitrogens with zero attached hydrogens (tertiary/aromatic N) is 1.